The smallest absolute Gasteiger partial charge is 0.369 e. The maximum Gasteiger partial charge on any atom is 0.433 e. The fourth-order valence-electron chi connectivity index (χ4n) is 2.18. The summed E-state index contributed by atoms with van der Waals surface area (Å²) in [7, 11) is -3.63. The number of nitrogens with two attached hydrogens (primary N) is 1. The third-order valence-electron chi connectivity index (χ3n) is 3.48. The zero-order chi connectivity index (χ0) is 18.8. The Morgan fingerprint density at radius 1 is 1.28 bits per heavy atom. The molecule has 1 unspecified atom stereocenters. The molecule has 25 heavy (non-hydrogen) atoms. The van der Waals surface area contributed by atoms with Gasteiger partial charge in [-0.3, -0.25) is 14.5 Å². The molecule has 136 valence electrons. The van der Waals surface area contributed by atoms with Crippen molar-refractivity contribution in [3.05, 3.63) is 36.4 Å². The van der Waals surface area contributed by atoms with Crippen LogP contribution in [-0.4, -0.2) is 40.6 Å². The molecule has 11 heteroatoms. The first-order valence-electron chi connectivity index (χ1n) is 7.03. The van der Waals surface area contributed by atoms with E-state index in [1.54, 1.807) is 0 Å². The molecule has 7 nitrogen and oxygen atoms in total. The lowest BCUT2D eigenvalue weighted by molar-refractivity contribution is -0.141. The topological polar surface area (TPSA) is 108 Å². The molecule has 0 radical (unpaired) electrons. The molecule has 0 aromatic carbocycles. The van der Waals surface area contributed by atoms with Crippen LogP contribution in [0.15, 0.2) is 30.7 Å². The maximum absolute atomic E-state index is 12.5. The minimum atomic E-state index is -4.52. The molecule has 0 aliphatic rings. The van der Waals surface area contributed by atoms with Crippen LogP contribution in [0.3, 0.4) is 0 Å². The van der Waals surface area contributed by atoms with Gasteiger partial charge in [0, 0.05) is 36.3 Å². The predicted molar refractivity (Wildman–Crippen MR) is 82.9 cm³/mol. The number of nitrogens with zero attached hydrogens (tertiary/aromatic N) is 3. The molecule has 2 N–H and O–H groups in total. The van der Waals surface area contributed by atoms with E-state index in [-0.39, 0.29) is 13.0 Å². The van der Waals surface area contributed by atoms with Gasteiger partial charge in [-0.15, -0.1) is 0 Å². The predicted octanol–water partition coefficient (Wildman–Crippen LogP) is 1.25. The highest BCUT2D eigenvalue weighted by molar-refractivity contribution is 7.92. The second-order valence-corrected chi connectivity index (χ2v) is 7.66. The lowest BCUT2D eigenvalue weighted by Gasteiger charge is -2.10. The van der Waals surface area contributed by atoms with Crippen LogP contribution in [0.5, 0.6) is 0 Å². The minimum absolute atomic E-state index is 0.0550. The van der Waals surface area contributed by atoms with Gasteiger partial charge in [0.2, 0.25) is 5.91 Å². The summed E-state index contributed by atoms with van der Waals surface area (Å²) in [5.74, 6) is -0.943. The van der Waals surface area contributed by atoms with E-state index in [4.69, 9.17) is 5.73 Å². The second kappa shape index (κ2) is 6.82. The number of carbonyl (C=O) groups is 1. The molecule has 0 spiro atoms. The van der Waals surface area contributed by atoms with Crippen molar-refractivity contribution in [1.29, 1.82) is 0 Å². The molecule has 0 saturated carbocycles. The fraction of sp³-hybridized carbons (Fsp3) is 0.357. The second-order valence-electron chi connectivity index (χ2n) is 5.43. The summed E-state index contributed by atoms with van der Waals surface area (Å²) >= 11 is 0. The van der Waals surface area contributed by atoms with E-state index in [1.807, 2.05) is 0 Å². The molecule has 0 bridgehead atoms. The van der Waals surface area contributed by atoms with Crippen molar-refractivity contribution in [3.63, 3.8) is 0 Å². The molecule has 1 atom stereocenters. The summed E-state index contributed by atoms with van der Waals surface area (Å²) in [5, 5.41) is 2.67. The summed E-state index contributed by atoms with van der Waals surface area (Å²) in [6.45, 7) is 0.106. The highest BCUT2D eigenvalue weighted by Crippen LogP contribution is 2.28. The summed E-state index contributed by atoms with van der Waals surface area (Å²) in [5.41, 5.74) is 5.02. The Bertz CT molecular complexity index is 860. The zero-order valence-electron chi connectivity index (χ0n) is 13.1. The van der Waals surface area contributed by atoms with E-state index in [0.29, 0.717) is 11.1 Å². The number of alkyl halides is 3. The number of pyridine rings is 1. The molecule has 1 amide bonds. The van der Waals surface area contributed by atoms with Gasteiger partial charge in [-0.1, -0.05) is 6.07 Å². The Balaban J connectivity index is 2.11. The number of aromatic nitrogens is 3. The van der Waals surface area contributed by atoms with Gasteiger partial charge in [-0.25, -0.2) is 8.42 Å². The molecule has 0 aliphatic carbocycles. The monoisotopic (exact) mass is 376 g/mol. The normalized spacial score (nSPS) is 13.6. The first-order valence-corrected chi connectivity index (χ1v) is 8.98. The van der Waals surface area contributed by atoms with E-state index < -0.39 is 32.9 Å². The van der Waals surface area contributed by atoms with E-state index in [2.05, 4.69) is 10.1 Å². The number of rotatable bonds is 6. The number of aryl methyl sites for hydroxylation is 1. The Morgan fingerprint density at radius 3 is 2.44 bits per heavy atom. The molecule has 2 heterocycles. The minimum Gasteiger partial charge on any atom is -0.369 e. The number of amides is 1. The number of hydrogen-bond acceptors (Lipinski definition) is 5. The summed E-state index contributed by atoms with van der Waals surface area (Å²) in [6, 6.07) is 2.12. The van der Waals surface area contributed by atoms with Gasteiger partial charge >= 0.3 is 6.18 Å². The highest BCUT2D eigenvalue weighted by atomic mass is 32.2. The Labute approximate surface area is 141 Å². The van der Waals surface area contributed by atoms with Crippen LogP contribution in [0, 0.1) is 0 Å². The number of carbonyl (C=O) groups excluding carboxylic acids is 1. The van der Waals surface area contributed by atoms with Crippen LogP contribution >= 0.6 is 0 Å². The van der Waals surface area contributed by atoms with Crippen molar-refractivity contribution in [2.45, 2.75) is 24.4 Å². The molecular formula is C14H15F3N4O3S. The van der Waals surface area contributed by atoms with Gasteiger partial charge in [0.15, 0.2) is 9.84 Å². The number of primary amides is 1. The van der Waals surface area contributed by atoms with Crippen molar-refractivity contribution in [3.8, 4) is 11.1 Å². The Hall–Kier alpha value is -2.43. The largest absolute Gasteiger partial charge is 0.433 e. The number of hydrogen-bond donors (Lipinski definition) is 1. The molecule has 2 aromatic rings. The standard InChI is InChI=1S/C14H15F3N4O3S/c1-25(23,24)11(13(18)22)4-5-21-8-10(7-20-21)9-2-3-12(19-6-9)14(15,16)17/h2-3,6-8,11H,4-5H2,1H3,(H2,18,22). The molecule has 0 fully saturated rings. The molecule has 2 aromatic heterocycles. The maximum atomic E-state index is 12.5. The van der Waals surface area contributed by atoms with E-state index >= 15 is 0 Å². The summed E-state index contributed by atoms with van der Waals surface area (Å²) in [4.78, 5) is 14.6. The SMILES string of the molecule is CS(=O)(=O)C(CCn1cc(-c2ccc(C(F)(F)F)nc2)cn1)C(N)=O. The van der Waals surface area contributed by atoms with Gasteiger partial charge in [0.25, 0.3) is 0 Å². The van der Waals surface area contributed by atoms with E-state index in [1.165, 1.54) is 23.1 Å². The van der Waals surface area contributed by atoms with Crippen LogP contribution in [-0.2, 0) is 27.4 Å². The first-order chi connectivity index (χ1) is 11.5. The van der Waals surface area contributed by atoms with Gasteiger partial charge < -0.3 is 5.73 Å². The number of sulfone groups is 1. The third kappa shape index (κ3) is 4.78. The molecule has 2 rings (SSSR count). The van der Waals surface area contributed by atoms with Crippen LogP contribution in [0.25, 0.3) is 11.1 Å². The highest BCUT2D eigenvalue weighted by Gasteiger charge is 2.32. The summed E-state index contributed by atoms with van der Waals surface area (Å²) < 4.78 is 61.9. The summed E-state index contributed by atoms with van der Waals surface area (Å²) in [6.07, 6.45) is 0.352. The molecular weight excluding hydrogens is 361 g/mol. The quantitative estimate of drug-likeness (QED) is 0.816. The van der Waals surface area contributed by atoms with Gasteiger partial charge in [-0.2, -0.15) is 18.3 Å². The van der Waals surface area contributed by atoms with Crippen LogP contribution < -0.4 is 5.73 Å². The third-order valence-corrected chi connectivity index (χ3v) is 4.98. The van der Waals surface area contributed by atoms with E-state index in [9.17, 15) is 26.4 Å². The van der Waals surface area contributed by atoms with Crippen molar-refractivity contribution in [2.24, 2.45) is 5.73 Å². The molecule has 0 aliphatic heterocycles. The van der Waals surface area contributed by atoms with Crippen molar-refractivity contribution >= 4 is 15.7 Å². The zero-order valence-corrected chi connectivity index (χ0v) is 13.9. The number of halogens is 3. The fourth-order valence-corrected chi connectivity index (χ4v) is 3.14. The van der Waals surface area contributed by atoms with Crippen LogP contribution in [0.2, 0.25) is 0 Å². The Morgan fingerprint density at radius 2 is 1.96 bits per heavy atom. The van der Waals surface area contributed by atoms with Gasteiger partial charge in [0.05, 0.1) is 6.20 Å². The van der Waals surface area contributed by atoms with Gasteiger partial charge in [-0.05, 0) is 12.5 Å². The average Bonchev–Trinajstić information content (AvgIpc) is 2.93. The van der Waals surface area contributed by atoms with Crippen molar-refractivity contribution in [2.75, 3.05) is 6.26 Å². The molecule has 0 saturated heterocycles. The lowest BCUT2D eigenvalue weighted by atomic mass is 10.1. The van der Waals surface area contributed by atoms with Crippen molar-refractivity contribution in [1.82, 2.24) is 14.8 Å². The van der Waals surface area contributed by atoms with Crippen LogP contribution in [0.4, 0.5) is 13.2 Å². The van der Waals surface area contributed by atoms with Crippen molar-refractivity contribution < 1.29 is 26.4 Å². The first kappa shape index (κ1) is 18.9. The van der Waals surface area contributed by atoms with Gasteiger partial charge in [0.1, 0.15) is 10.9 Å². The Kier molecular flexibility index (Phi) is 5.16. The van der Waals surface area contributed by atoms with Crippen LogP contribution in [0.1, 0.15) is 12.1 Å². The van der Waals surface area contributed by atoms with E-state index in [0.717, 1.165) is 18.5 Å². The average molecular weight is 376 g/mol. The lowest BCUT2D eigenvalue weighted by Crippen LogP contribution is -2.36.